The quantitative estimate of drug-likeness (QED) is 0.541. The Morgan fingerprint density at radius 2 is 1.74 bits per heavy atom. The van der Waals surface area contributed by atoms with Gasteiger partial charge in [-0.2, -0.15) is 0 Å². The molecule has 2 saturated carbocycles. The van der Waals surface area contributed by atoms with E-state index in [1.807, 2.05) is 0 Å². The van der Waals surface area contributed by atoms with Crippen LogP contribution in [0.25, 0.3) is 0 Å². The van der Waals surface area contributed by atoms with E-state index in [1.165, 1.54) is 31.9 Å². The Balaban J connectivity index is 1.32. The van der Waals surface area contributed by atoms with E-state index in [0.717, 1.165) is 32.2 Å². The van der Waals surface area contributed by atoms with E-state index in [9.17, 15) is 14.4 Å². The molecule has 2 aromatic rings. The minimum Gasteiger partial charge on any atom is -0.354 e. The molecule has 39 heavy (non-hydrogen) atoms. The molecule has 0 bridgehead atoms. The highest BCUT2D eigenvalue weighted by atomic mass is 16.2. The van der Waals surface area contributed by atoms with Crippen LogP contribution in [-0.4, -0.2) is 83.8 Å². The number of carbonyl (C=O) groups excluding carboxylic acids is 3. The van der Waals surface area contributed by atoms with E-state index < -0.39 is 0 Å². The maximum absolute atomic E-state index is 13.8. The monoisotopic (exact) mass is 532 g/mol. The molecule has 0 radical (unpaired) electrons. The fourth-order valence-electron chi connectivity index (χ4n) is 6.62. The van der Waals surface area contributed by atoms with Gasteiger partial charge in [-0.25, -0.2) is 9.78 Å². The van der Waals surface area contributed by atoms with Crippen molar-refractivity contribution in [3.05, 3.63) is 59.8 Å². The zero-order valence-electron chi connectivity index (χ0n) is 23.3. The Kier molecular flexibility index (Phi) is 7.62. The summed E-state index contributed by atoms with van der Waals surface area (Å²) in [5.41, 5.74) is 1.22. The Morgan fingerprint density at radius 1 is 1.03 bits per heavy atom. The zero-order chi connectivity index (χ0) is 27.6. The van der Waals surface area contributed by atoms with Crippen molar-refractivity contribution in [1.82, 2.24) is 25.0 Å². The van der Waals surface area contributed by atoms with E-state index in [0.29, 0.717) is 18.3 Å². The Morgan fingerprint density at radius 3 is 2.36 bits per heavy atom. The number of carbonyl (C=O) groups is 3. The van der Waals surface area contributed by atoms with E-state index in [4.69, 9.17) is 0 Å². The first-order valence-corrected chi connectivity index (χ1v) is 14.0. The van der Waals surface area contributed by atoms with Gasteiger partial charge in [0, 0.05) is 25.7 Å². The van der Waals surface area contributed by atoms with E-state index in [2.05, 4.69) is 69.8 Å². The molecule has 5 rings (SSSR count). The molecule has 9 nitrogen and oxygen atoms in total. The lowest BCUT2D eigenvalue weighted by molar-refractivity contribution is -0.116. The molecule has 2 aliphatic carbocycles. The minimum absolute atomic E-state index is 0.0366. The molecule has 1 saturated heterocycles. The highest BCUT2D eigenvalue weighted by Crippen LogP contribution is 2.49. The molecule has 9 heteroatoms. The van der Waals surface area contributed by atoms with Gasteiger partial charge in [0.2, 0.25) is 5.91 Å². The second kappa shape index (κ2) is 11.0. The van der Waals surface area contributed by atoms with Crippen LogP contribution in [0.15, 0.2) is 48.5 Å². The first kappa shape index (κ1) is 27.1. The van der Waals surface area contributed by atoms with Crippen LogP contribution in [0.3, 0.4) is 0 Å². The molecule has 2 N–H and O–H groups in total. The van der Waals surface area contributed by atoms with Crippen LogP contribution in [0.1, 0.15) is 61.0 Å². The molecule has 2 heterocycles. The number of benzene rings is 1. The standard InChI is InChI=1S/C30H40N6O3/c1-31-27(38)24-13-8-14-25(32-24)33-26(37)20-35-21-29(36(28(35)39)19-22-9-7-10-22)15-17-30(18-16-29,34(2)3)23-11-5-4-6-12-23/h4-6,8,11-14,22H,7,9-10,15-21H2,1-3H3,(H,31,38)(H,32,33,37)/t29-,30+. The maximum atomic E-state index is 13.8. The second-order valence-corrected chi connectivity index (χ2v) is 11.6. The average Bonchev–Trinajstić information content (AvgIpc) is 3.16. The number of rotatable bonds is 8. The molecule has 1 aromatic heterocycles. The van der Waals surface area contributed by atoms with Crippen molar-refractivity contribution in [2.45, 2.75) is 56.0 Å². The van der Waals surface area contributed by atoms with Crippen molar-refractivity contribution in [3.8, 4) is 0 Å². The van der Waals surface area contributed by atoms with Crippen molar-refractivity contribution < 1.29 is 14.4 Å². The largest absolute Gasteiger partial charge is 0.354 e. The third-order valence-corrected chi connectivity index (χ3v) is 9.21. The maximum Gasteiger partial charge on any atom is 0.321 e. The molecule has 1 aliphatic heterocycles. The summed E-state index contributed by atoms with van der Waals surface area (Å²) in [6, 6.07) is 15.6. The average molecular weight is 533 g/mol. The number of nitrogens with zero attached hydrogens (tertiary/aromatic N) is 4. The van der Waals surface area contributed by atoms with E-state index in [1.54, 1.807) is 23.1 Å². The van der Waals surface area contributed by atoms with Gasteiger partial charge in [0.15, 0.2) is 0 Å². The van der Waals surface area contributed by atoms with Gasteiger partial charge in [-0.3, -0.25) is 14.5 Å². The van der Waals surface area contributed by atoms with Crippen molar-refractivity contribution in [1.29, 1.82) is 0 Å². The number of amides is 4. The lowest BCUT2D eigenvalue weighted by Crippen LogP contribution is -2.56. The summed E-state index contributed by atoms with van der Waals surface area (Å²) in [6.45, 7) is 1.29. The number of hydrogen-bond acceptors (Lipinski definition) is 5. The molecule has 3 fully saturated rings. The molecular weight excluding hydrogens is 492 g/mol. The second-order valence-electron chi connectivity index (χ2n) is 11.6. The first-order valence-electron chi connectivity index (χ1n) is 14.0. The van der Waals surface area contributed by atoms with Crippen LogP contribution >= 0.6 is 0 Å². The predicted octanol–water partition coefficient (Wildman–Crippen LogP) is 3.69. The summed E-state index contributed by atoms with van der Waals surface area (Å²) in [4.78, 5) is 49.1. The number of aromatic nitrogens is 1. The molecule has 3 aliphatic rings. The van der Waals surface area contributed by atoms with Gasteiger partial charge >= 0.3 is 6.03 Å². The van der Waals surface area contributed by atoms with Crippen molar-refractivity contribution in [2.75, 3.05) is 46.1 Å². The van der Waals surface area contributed by atoms with Gasteiger partial charge in [0.05, 0.1) is 5.54 Å². The zero-order valence-corrected chi connectivity index (χ0v) is 23.3. The molecule has 1 aromatic carbocycles. The van der Waals surface area contributed by atoms with Gasteiger partial charge in [0.1, 0.15) is 18.1 Å². The van der Waals surface area contributed by atoms with Gasteiger partial charge in [-0.05, 0) is 76.2 Å². The van der Waals surface area contributed by atoms with Gasteiger partial charge in [0.25, 0.3) is 5.91 Å². The highest BCUT2D eigenvalue weighted by molar-refractivity contribution is 5.96. The van der Waals surface area contributed by atoms with Crippen LogP contribution in [-0.2, 0) is 10.3 Å². The summed E-state index contributed by atoms with van der Waals surface area (Å²) >= 11 is 0. The van der Waals surface area contributed by atoms with Gasteiger partial charge in [-0.1, -0.05) is 42.8 Å². The molecule has 0 unspecified atom stereocenters. The summed E-state index contributed by atoms with van der Waals surface area (Å²) in [5, 5.41) is 5.32. The minimum atomic E-state index is -0.323. The molecule has 1 spiro atoms. The number of urea groups is 1. The molecular formula is C30H40N6O3. The lowest BCUT2D eigenvalue weighted by Gasteiger charge is -2.51. The van der Waals surface area contributed by atoms with Crippen LogP contribution in [0.4, 0.5) is 10.6 Å². The Hall–Kier alpha value is -3.46. The van der Waals surface area contributed by atoms with Crippen LogP contribution in [0.5, 0.6) is 0 Å². The van der Waals surface area contributed by atoms with Crippen LogP contribution in [0.2, 0.25) is 0 Å². The SMILES string of the molecule is CNC(=O)c1cccc(NC(=O)CN2C[C@]3(CC[C@](c4ccccc4)(N(C)C)CC3)N(CC3CCC3)C2=O)n1. The summed E-state index contributed by atoms with van der Waals surface area (Å²) in [5.74, 6) is 0.209. The molecule has 208 valence electrons. The Labute approximate surface area is 230 Å². The van der Waals surface area contributed by atoms with Crippen LogP contribution < -0.4 is 10.6 Å². The van der Waals surface area contributed by atoms with Crippen LogP contribution in [0, 0.1) is 5.92 Å². The fourth-order valence-corrected chi connectivity index (χ4v) is 6.62. The Bertz CT molecular complexity index is 1200. The van der Waals surface area contributed by atoms with E-state index >= 15 is 0 Å². The number of hydrogen-bond donors (Lipinski definition) is 2. The normalized spacial score (nSPS) is 25.2. The molecule has 0 atom stereocenters. The van der Waals surface area contributed by atoms with Crippen molar-refractivity contribution in [3.63, 3.8) is 0 Å². The number of pyridine rings is 1. The summed E-state index contributed by atoms with van der Waals surface area (Å²) in [7, 11) is 5.84. The van der Waals surface area contributed by atoms with Gasteiger partial charge in [-0.15, -0.1) is 0 Å². The predicted molar refractivity (Wildman–Crippen MR) is 150 cm³/mol. The third kappa shape index (κ3) is 5.24. The molecule has 4 amide bonds. The highest BCUT2D eigenvalue weighted by Gasteiger charge is 2.55. The number of nitrogens with one attached hydrogen (secondary N) is 2. The number of anilines is 1. The van der Waals surface area contributed by atoms with Gasteiger partial charge < -0.3 is 20.4 Å². The topological polar surface area (TPSA) is 97.9 Å². The lowest BCUT2D eigenvalue weighted by atomic mass is 9.68. The fraction of sp³-hybridized carbons (Fsp3) is 0.533. The third-order valence-electron chi connectivity index (χ3n) is 9.21. The van der Waals surface area contributed by atoms with Crippen molar-refractivity contribution in [2.24, 2.45) is 5.92 Å². The first-order chi connectivity index (χ1) is 18.8. The summed E-state index contributed by atoms with van der Waals surface area (Å²) in [6.07, 6.45) is 7.26. The summed E-state index contributed by atoms with van der Waals surface area (Å²) < 4.78 is 0. The smallest absolute Gasteiger partial charge is 0.321 e. The van der Waals surface area contributed by atoms with Crippen molar-refractivity contribution >= 4 is 23.7 Å². The van der Waals surface area contributed by atoms with E-state index in [-0.39, 0.29) is 41.2 Å².